The highest BCUT2D eigenvalue weighted by Gasteiger charge is 2.17. The van der Waals surface area contributed by atoms with Crippen molar-refractivity contribution in [3.63, 3.8) is 0 Å². The summed E-state index contributed by atoms with van der Waals surface area (Å²) in [5.41, 5.74) is 7.34. The molecule has 0 saturated heterocycles. The molecule has 1 aliphatic rings. The topological polar surface area (TPSA) is 64.9 Å². The van der Waals surface area contributed by atoms with Crippen LogP contribution in [-0.4, -0.2) is 15.4 Å². The number of nitrogens with two attached hydrogens (primary N) is 1. The summed E-state index contributed by atoms with van der Waals surface area (Å²) in [5.74, 6) is 2.15. The Kier molecular flexibility index (Phi) is 3.73. The van der Waals surface area contributed by atoms with Gasteiger partial charge < -0.3 is 10.3 Å². The van der Waals surface area contributed by atoms with Crippen LogP contribution in [0.2, 0.25) is 0 Å². The van der Waals surface area contributed by atoms with Crippen molar-refractivity contribution in [1.29, 1.82) is 0 Å². The van der Waals surface area contributed by atoms with Crippen LogP contribution in [0.3, 0.4) is 0 Å². The first kappa shape index (κ1) is 12.5. The number of rotatable bonds is 4. The minimum absolute atomic E-state index is 0.550. The van der Waals surface area contributed by atoms with E-state index in [0.717, 1.165) is 22.4 Å². The summed E-state index contributed by atoms with van der Waals surface area (Å²) in [6.45, 7) is 0. The minimum Gasteiger partial charge on any atom is -0.399 e. The van der Waals surface area contributed by atoms with Crippen molar-refractivity contribution >= 4 is 17.4 Å². The average Bonchev–Trinajstić information content (AvgIpc) is 3.08. The summed E-state index contributed by atoms with van der Waals surface area (Å²) < 4.78 is 5.29. The summed E-state index contributed by atoms with van der Waals surface area (Å²) in [4.78, 5) is 4.43. The van der Waals surface area contributed by atoms with E-state index in [2.05, 4.69) is 10.1 Å². The molecule has 3 rings (SSSR count). The van der Waals surface area contributed by atoms with Crippen LogP contribution in [0.4, 0.5) is 5.69 Å². The molecule has 1 saturated carbocycles. The molecule has 1 aromatic carbocycles. The maximum absolute atomic E-state index is 5.75. The van der Waals surface area contributed by atoms with Gasteiger partial charge in [0.1, 0.15) is 0 Å². The van der Waals surface area contributed by atoms with E-state index in [1.165, 1.54) is 25.7 Å². The van der Waals surface area contributed by atoms with Gasteiger partial charge in [-0.15, -0.1) is 0 Å². The molecule has 2 N–H and O–H groups in total. The maximum atomic E-state index is 5.75. The van der Waals surface area contributed by atoms with E-state index in [0.29, 0.717) is 11.6 Å². The van der Waals surface area contributed by atoms with Crippen LogP contribution in [0.25, 0.3) is 11.5 Å². The Morgan fingerprint density at radius 3 is 2.95 bits per heavy atom. The van der Waals surface area contributed by atoms with E-state index in [4.69, 9.17) is 10.3 Å². The molecule has 0 unspecified atom stereocenters. The molecule has 4 nitrogen and oxygen atoms in total. The van der Waals surface area contributed by atoms with Crippen molar-refractivity contribution in [2.75, 3.05) is 5.73 Å². The van der Waals surface area contributed by atoms with E-state index >= 15 is 0 Å². The lowest BCUT2D eigenvalue weighted by Gasteiger charge is -2.04. The summed E-state index contributed by atoms with van der Waals surface area (Å²) in [6.07, 6.45) is 5.37. The van der Waals surface area contributed by atoms with Crippen LogP contribution in [0.15, 0.2) is 28.8 Å². The third-order valence-electron chi connectivity index (χ3n) is 3.35. The zero-order valence-corrected chi connectivity index (χ0v) is 11.5. The van der Waals surface area contributed by atoms with Gasteiger partial charge in [-0.2, -0.15) is 16.7 Å². The molecule has 0 amide bonds. The van der Waals surface area contributed by atoms with Gasteiger partial charge in [0.15, 0.2) is 5.82 Å². The van der Waals surface area contributed by atoms with E-state index in [-0.39, 0.29) is 0 Å². The predicted octanol–water partition coefficient (Wildman–Crippen LogP) is 3.49. The molecule has 5 heteroatoms. The lowest BCUT2D eigenvalue weighted by Crippen LogP contribution is -1.95. The Morgan fingerprint density at radius 2 is 2.16 bits per heavy atom. The van der Waals surface area contributed by atoms with Gasteiger partial charge in [0.25, 0.3) is 5.89 Å². The van der Waals surface area contributed by atoms with E-state index < -0.39 is 0 Å². The fraction of sp³-hybridized carbons (Fsp3) is 0.429. The van der Waals surface area contributed by atoms with Crippen LogP contribution < -0.4 is 5.73 Å². The van der Waals surface area contributed by atoms with E-state index in [1.54, 1.807) is 0 Å². The molecule has 1 aliphatic carbocycles. The van der Waals surface area contributed by atoms with E-state index in [9.17, 15) is 0 Å². The zero-order valence-electron chi connectivity index (χ0n) is 10.7. The largest absolute Gasteiger partial charge is 0.399 e. The first-order valence-corrected chi connectivity index (χ1v) is 7.66. The highest BCUT2D eigenvalue weighted by molar-refractivity contribution is 7.99. The smallest absolute Gasteiger partial charge is 0.258 e. The number of hydrogen-bond donors (Lipinski definition) is 1. The van der Waals surface area contributed by atoms with Crippen LogP contribution in [0.5, 0.6) is 0 Å². The Balaban J connectivity index is 1.65. The highest BCUT2D eigenvalue weighted by atomic mass is 32.2. The molecule has 0 atom stereocenters. The quantitative estimate of drug-likeness (QED) is 0.865. The van der Waals surface area contributed by atoms with Crippen molar-refractivity contribution in [3.05, 3.63) is 30.1 Å². The Morgan fingerprint density at radius 1 is 1.32 bits per heavy atom. The van der Waals surface area contributed by atoms with Gasteiger partial charge in [0.05, 0.1) is 5.75 Å². The maximum Gasteiger partial charge on any atom is 0.258 e. The van der Waals surface area contributed by atoms with E-state index in [1.807, 2.05) is 36.0 Å². The molecule has 1 fully saturated rings. The van der Waals surface area contributed by atoms with Gasteiger partial charge >= 0.3 is 0 Å². The summed E-state index contributed by atoms with van der Waals surface area (Å²) in [5, 5.41) is 4.81. The van der Waals surface area contributed by atoms with Gasteiger partial charge in [-0.25, -0.2) is 0 Å². The van der Waals surface area contributed by atoms with Crippen LogP contribution in [0.1, 0.15) is 31.5 Å². The fourth-order valence-electron chi connectivity index (χ4n) is 2.35. The molecule has 0 aliphatic heterocycles. The van der Waals surface area contributed by atoms with Gasteiger partial charge in [-0.3, -0.25) is 0 Å². The van der Waals surface area contributed by atoms with Gasteiger partial charge in [0, 0.05) is 16.5 Å². The molecule has 19 heavy (non-hydrogen) atoms. The molecule has 1 aromatic heterocycles. The van der Waals surface area contributed by atoms with Crippen LogP contribution in [-0.2, 0) is 5.75 Å². The standard InChI is InChI=1S/C14H17N3OS/c15-11-5-3-4-10(8-11)14-16-13(17-18-14)9-19-12-6-1-2-7-12/h3-5,8,12H,1-2,6-7,9,15H2. The highest BCUT2D eigenvalue weighted by Crippen LogP contribution is 2.31. The van der Waals surface area contributed by atoms with Crippen LogP contribution >= 0.6 is 11.8 Å². The zero-order chi connectivity index (χ0) is 13.1. The molecule has 0 radical (unpaired) electrons. The lowest BCUT2D eigenvalue weighted by atomic mass is 10.2. The number of anilines is 1. The van der Waals surface area contributed by atoms with Crippen LogP contribution in [0, 0.1) is 0 Å². The first-order chi connectivity index (χ1) is 9.31. The monoisotopic (exact) mass is 275 g/mol. The van der Waals surface area contributed by atoms with Crippen molar-refractivity contribution in [3.8, 4) is 11.5 Å². The second kappa shape index (κ2) is 5.65. The summed E-state index contributed by atoms with van der Waals surface area (Å²) >= 11 is 1.94. The SMILES string of the molecule is Nc1cccc(-c2nc(CSC3CCCC3)no2)c1. The number of hydrogen-bond acceptors (Lipinski definition) is 5. The predicted molar refractivity (Wildman–Crippen MR) is 77.7 cm³/mol. The molecule has 0 bridgehead atoms. The molecule has 0 spiro atoms. The molecular weight excluding hydrogens is 258 g/mol. The third-order valence-corrected chi connectivity index (χ3v) is 4.72. The second-order valence-corrected chi connectivity index (χ2v) is 6.15. The summed E-state index contributed by atoms with van der Waals surface area (Å²) in [7, 11) is 0. The summed E-state index contributed by atoms with van der Waals surface area (Å²) in [6, 6.07) is 7.51. The number of nitrogens with zero attached hydrogens (tertiary/aromatic N) is 2. The Bertz CT molecular complexity index is 549. The number of thioether (sulfide) groups is 1. The Hall–Kier alpha value is -1.49. The molecule has 100 valence electrons. The fourth-order valence-corrected chi connectivity index (χ4v) is 3.52. The second-order valence-electron chi connectivity index (χ2n) is 4.86. The lowest BCUT2D eigenvalue weighted by molar-refractivity contribution is 0.425. The minimum atomic E-state index is 0.550. The number of benzene rings is 1. The third kappa shape index (κ3) is 3.10. The van der Waals surface area contributed by atoms with Gasteiger partial charge in [-0.1, -0.05) is 24.1 Å². The molecular formula is C14H17N3OS. The van der Waals surface area contributed by atoms with Crippen molar-refractivity contribution in [2.24, 2.45) is 0 Å². The molecule has 2 aromatic rings. The number of aromatic nitrogens is 2. The van der Waals surface area contributed by atoms with Crippen molar-refractivity contribution < 1.29 is 4.52 Å². The number of nitrogen functional groups attached to an aromatic ring is 1. The average molecular weight is 275 g/mol. The van der Waals surface area contributed by atoms with Gasteiger partial charge in [-0.05, 0) is 31.0 Å². The first-order valence-electron chi connectivity index (χ1n) is 6.61. The van der Waals surface area contributed by atoms with Gasteiger partial charge in [0.2, 0.25) is 0 Å². The van der Waals surface area contributed by atoms with Crippen molar-refractivity contribution in [1.82, 2.24) is 10.1 Å². The van der Waals surface area contributed by atoms with Crippen molar-refractivity contribution in [2.45, 2.75) is 36.7 Å². The Labute approximate surface area is 116 Å². The molecule has 1 heterocycles. The normalized spacial score (nSPS) is 16.0.